The largest absolute Gasteiger partial charge is 0.0651 e. The predicted octanol–water partition coefficient (Wildman–Crippen LogP) is 4.01. The molecule has 0 aliphatic rings. The highest BCUT2D eigenvalue weighted by molar-refractivity contribution is 5.36. The van der Waals surface area contributed by atoms with Crippen LogP contribution in [0.4, 0.5) is 0 Å². The van der Waals surface area contributed by atoms with Crippen molar-refractivity contribution in [1.29, 1.82) is 0 Å². The molecular weight excluding hydrogens is 168 g/mol. The molecule has 0 nitrogen and oxygen atoms in total. The number of rotatable bonds is 4. The van der Waals surface area contributed by atoms with Crippen LogP contribution in [0.25, 0.3) is 0 Å². The monoisotopic (exact) mass is 189 g/mol. The smallest absolute Gasteiger partial charge is 0.0114 e. The molecule has 1 aromatic carbocycles. The minimum absolute atomic E-state index is 1.16. The van der Waals surface area contributed by atoms with Crippen molar-refractivity contribution in [2.24, 2.45) is 0 Å². The van der Waals surface area contributed by atoms with Gasteiger partial charge in [-0.25, -0.2) is 0 Å². The molecule has 0 spiro atoms. The van der Waals surface area contributed by atoms with Crippen LogP contribution in [0.15, 0.2) is 6.07 Å². The lowest BCUT2D eigenvalue weighted by Crippen LogP contribution is -1.96. The van der Waals surface area contributed by atoms with E-state index >= 15 is 0 Å². The third kappa shape index (κ3) is 2.60. The zero-order chi connectivity index (χ0) is 10.6. The third-order valence-electron chi connectivity index (χ3n) is 2.78. The second-order valence-corrected chi connectivity index (χ2v) is 4.07. The Kier molecular flexibility index (Phi) is 4.19. The van der Waals surface area contributed by atoms with Gasteiger partial charge in [0.05, 0.1) is 0 Å². The van der Waals surface area contributed by atoms with E-state index in [0.717, 1.165) is 6.42 Å². The van der Waals surface area contributed by atoms with E-state index in [-0.39, 0.29) is 0 Å². The summed E-state index contributed by atoms with van der Waals surface area (Å²) in [5.41, 5.74) is 5.68. The zero-order valence-corrected chi connectivity index (χ0v) is 9.91. The van der Waals surface area contributed by atoms with Crippen LogP contribution < -0.4 is 0 Å². The fourth-order valence-corrected chi connectivity index (χ4v) is 1.86. The molecule has 0 fully saturated rings. The van der Waals surface area contributed by atoms with E-state index < -0.39 is 0 Å². The zero-order valence-electron chi connectivity index (χ0n) is 9.91. The molecule has 0 unspecified atom stereocenters. The average Bonchev–Trinajstić information content (AvgIpc) is 2.14. The Bertz CT molecular complexity index is 297. The maximum atomic E-state index is 3.48. The van der Waals surface area contributed by atoms with Crippen LogP contribution in [0.2, 0.25) is 0 Å². The van der Waals surface area contributed by atoms with E-state index in [1.807, 2.05) is 0 Å². The van der Waals surface area contributed by atoms with Gasteiger partial charge in [0.15, 0.2) is 0 Å². The Hall–Kier alpha value is -0.780. The third-order valence-corrected chi connectivity index (χ3v) is 2.78. The molecule has 0 bridgehead atoms. The van der Waals surface area contributed by atoms with Gasteiger partial charge in [-0.15, -0.1) is 0 Å². The molecule has 0 atom stereocenters. The second-order valence-electron chi connectivity index (χ2n) is 4.07. The molecule has 0 saturated heterocycles. The van der Waals surface area contributed by atoms with Gasteiger partial charge in [0.1, 0.15) is 0 Å². The van der Waals surface area contributed by atoms with Crippen molar-refractivity contribution < 1.29 is 0 Å². The quantitative estimate of drug-likeness (QED) is 0.671. The predicted molar refractivity (Wildman–Crippen MR) is 62.7 cm³/mol. The van der Waals surface area contributed by atoms with E-state index in [1.54, 1.807) is 0 Å². The Labute approximate surface area is 88.4 Å². The summed E-state index contributed by atoms with van der Waals surface area (Å²) in [6.07, 6.45) is 4.82. The first-order valence-corrected chi connectivity index (χ1v) is 5.70. The SMILES string of the molecule is CCCc1[c]c(C)c(C)c(CCC)c1. The Morgan fingerprint density at radius 2 is 1.71 bits per heavy atom. The van der Waals surface area contributed by atoms with Crippen LogP contribution in [0, 0.1) is 19.9 Å². The molecular formula is C14H21. The molecule has 14 heavy (non-hydrogen) atoms. The van der Waals surface area contributed by atoms with Gasteiger partial charge in [-0.3, -0.25) is 0 Å². The van der Waals surface area contributed by atoms with Crippen molar-refractivity contribution in [2.45, 2.75) is 53.4 Å². The number of aryl methyl sites for hydroxylation is 3. The standard InChI is InChI=1S/C14H21/c1-5-7-13-9-11(3)12(4)14(10-13)8-6-2/h10H,5-8H2,1-4H3. The minimum atomic E-state index is 1.16. The van der Waals surface area contributed by atoms with Crippen LogP contribution >= 0.6 is 0 Å². The van der Waals surface area contributed by atoms with Gasteiger partial charge >= 0.3 is 0 Å². The summed E-state index contributed by atoms with van der Waals surface area (Å²) in [7, 11) is 0. The molecule has 0 heterocycles. The van der Waals surface area contributed by atoms with Crippen LogP contribution in [-0.4, -0.2) is 0 Å². The topological polar surface area (TPSA) is 0 Å². The number of hydrogen-bond acceptors (Lipinski definition) is 0. The summed E-state index contributed by atoms with van der Waals surface area (Å²) < 4.78 is 0. The summed E-state index contributed by atoms with van der Waals surface area (Å²) in [6.45, 7) is 8.85. The van der Waals surface area contributed by atoms with Gasteiger partial charge in [0.2, 0.25) is 0 Å². The molecule has 0 saturated carbocycles. The van der Waals surface area contributed by atoms with Gasteiger partial charge in [-0.05, 0) is 55.0 Å². The van der Waals surface area contributed by atoms with Gasteiger partial charge in [-0.1, -0.05) is 32.8 Å². The normalized spacial score (nSPS) is 10.6. The fraction of sp³-hybridized carbons (Fsp3) is 0.571. The summed E-state index contributed by atoms with van der Waals surface area (Å²) in [6, 6.07) is 5.82. The lowest BCUT2D eigenvalue weighted by atomic mass is 9.95. The van der Waals surface area contributed by atoms with Crippen LogP contribution in [0.5, 0.6) is 0 Å². The van der Waals surface area contributed by atoms with Crippen LogP contribution in [-0.2, 0) is 12.8 Å². The van der Waals surface area contributed by atoms with Gasteiger partial charge in [-0.2, -0.15) is 0 Å². The molecule has 1 aromatic rings. The second kappa shape index (κ2) is 5.19. The van der Waals surface area contributed by atoms with E-state index in [4.69, 9.17) is 0 Å². The summed E-state index contributed by atoms with van der Waals surface area (Å²) >= 11 is 0. The first-order valence-electron chi connectivity index (χ1n) is 5.70. The summed E-state index contributed by atoms with van der Waals surface area (Å²) in [4.78, 5) is 0. The first-order chi connectivity index (χ1) is 6.69. The molecule has 0 heteroatoms. The van der Waals surface area contributed by atoms with Gasteiger partial charge in [0.25, 0.3) is 0 Å². The van der Waals surface area contributed by atoms with E-state index in [0.29, 0.717) is 0 Å². The molecule has 77 valence electrons. The van der Waals surface area contributed by atoms with Crippen molar-refractivity contribution in [1.82, 2.24) is 0 Å². The van der Waals surface area contributed by atoms with Crippen molar-refractivity contribution in [2.75, 3.05) is 0 Å². The highest BCUT2D eigenvalue weighted by Gasteiger charge is 2.03. The van der Waals surface area contributed by atoms with Crippen LogP contribution in [0.1, 0.15) is 48.9 Å². The Morgan fingerprint density at radius 3 is 2.29 bits per heavy atom. The molecule has 1 rings (SSSR count). The molecule has 0 aliphatic carbocycles. The Morgan fingerprint density at radius 1 is 1.07 bits per heavy atom. The van der Waals surface area contributed by atoms with Crippen molar-refractivity contribution in [3.05, 3.63) is 34.4 Å². The minimum Gasteiger partial charge on any atom is -0.0651 e. The number of hydrogen-bond donors (Lipinski definition) is 0. The fourth-order valence-electron chi connectivity index (χ4n) is 1.86. The number of benzene rings is 1. The van der Waals surface area contributed by atoms with Crippen molar-refractivity contribution in [3.8, 4) is 0 Å². The highest BCUT2D eigenvalue weighted by Crippen LogP contribution is 2.18. The molecule has 0 amide bonds. The highest BCUT2D eigenvalue weighted by atomic mass is 14.1. The maximum absolute atomic E-state index is 3.48. The van der Waals surface area contributed by atoms with Crippen molar-refractivity contribution in [3.63, 3.8) is 0 Å². The van der Waals surface area contributed by atoms with E-state index in [9.17, 15) is 0 Å². The molecule has 0 aliphatic heterocycles. The molecule has 1 radical (unpaired) electrons. The molecule has 0 aromatic heterocycles. The summed E-state index contributed by atoms with van der Waals surface area (Å²) in [5.74, 6) is 0. The van der Waals surface area contributed by atoms with E-state index in [1.165, 1.54) is 41.5 Å². The molecule has 0 N–H and O–H groups in total. The van der Waals surface area contributed by atoms with E-state index in [2.05, 4.69) is 39.8 Å². The van der Waals surface area contributed by atoms with Gasteiger partial charge in [0, 0.05) is 0 Å². The Balaban J connectivity index is 3.01. The van der Waals surface area contributed by atoms with Crippen molar-refractivity contribution >= 4 is 0 Å². The summed E-state index contributed by atoms with van der Waals surface area (Å²) in [5, 5.41) is 0. The van der Waals surface area contributed by atoms with Gasteiger partial charge < -0.3 is 0 Å². The average molecular weight is 189 g/mol. The lowest BCUT2D eigenvalue weighted by molar-refractivity contribution is 0.883. The van der Waals surface area contributed by atoms with Crippen LogP contribution in [0.3, 0.4) is 0 Å². The maximum Gasteiger partial charge on any atom is -0.0114 e. The first kappa shape index (κ1) is 11.3. The lowest BCUT2D eigenvalue weighted by Gasteiger charge is -2.10.